The summed E-state index contributed by atoms with van der Waals surface area (Å²) in [5, 5.41) is 5.43. The van der Waals surface area contributed by atoms with Crippen molar-refractivity contribution in [3.63, 3.8) is 0 Å². The molecule has 0 aliphatic carbocycles. The van der Waals surface area contributed by atoms with Gasteiger partial charge in [0.2, 0.25) is 11.8 Å². The van der Waals surface area contributed by atoms with Gasteiger partial charge in [0.05, 0.1) is 11.0 Å². The van der Waals surface area contributed by atoms with Crippen molar-refractivity contribution in [1.29, 1.82) is 0 Å². The maximum Gasteiger partial charge on any atom is 0.237 e. The van der Waals surface area contributed by atoms with Gasteiger partial charge in [-0.25, -0.2) is 0 Å². The zero-order chi connectivity index (χ0) is 18.4. The van der Waals surface area contributed by atoms with Gasteiger partial charge in [0.1, 0.15) is 0 Å². The number of aryl methyl sites for hydroxylation is 3. The van der Waals surface area contributed by atoms with Crippen LogP contribution in [0.3, 0.4) is 0 Å². The molecule has 0 heterocycles. The minimum atomic E-state index is -0.315. The molecule has 2 N–H and O–H groups in total. The normalized spacial score (nSPS) is 11.7. The van der Waals surface area contributed by atoms with E-state index < -0.39 is 0 Å². The van der Waals surface area contributed by atoms with Crippen molar-refractivity contribution in [3.05, 3.63) is 59.2 Å². The van der Waals surface area contributed by atoms with Gasteiger partial charge in [0.15, 0.2) is 0 Å². The third kappa shape index (κ3) is 6.27. The maximum atomic E-state index is 12.3. The van der Waals surface area contributed by atoms with Gasteiger partial charge in [0.25, 0.3) is 0 Å². The third-order valence-electron chi connectivity index (χ3n) is 3.66. The lowest BCUT2D eigenvalue weighted by atomic mass is 10.1. The molecule has 2 aromatic carbocycles. The lowest BCUT2D eigenvalue weighted by Crippen LogP contribution is -2.25. The smallest absolute Gasteiger partial charge is 0.237 e. The van der Waals surface area contributed by atoms with Crippen LogP contribution in [0, 0.1) is 20.8 Å². The average molecular weight is 356 g/mol. The molecule has 0 spiro atoms. The summed E-state index contributed by atoms with van der Waals surface area (Å²) >= 11 is 1.32. The van der Waals surface area contributed by atoms with E-state index in [0.29, 0.717) is 0 Å². The zero-order valence-electron chi connectivity index (χ0n) is 15.1. The SMILES string of the molecule is Cc1ccc(NC(=O)CSC(C)C(=O)Nc2cc(C)cc(C)c2)cc1. The van der Waals surface area contributed by atoms with Crippen molar-refractivity contribution in [2.75, 3.05) is 16.4 Å². The highest BCUT2D eigenvalue weighted by Gasteiger charge is 2.15. The van der Waals surface area contributed by atoms with E-state index in [0.717, 1.165) is 28.1 Å². The molecule has 0 aliphatic heterocycles. The summed E-state index contributed by atoms with van der Waals surface area (Å²) in [5.74, 6) is 0.0213. The van der Waals surface area contributed by atoms with E-state index >= 15 is 0 Å². The highest BCUT2D eigenvalue weighted by Crippen LogP contribution is 2.17. The van der Waals surface area contributed by atoms with Crippen LogP contribution in [0.1, 0.15) is 23.6 Å². The van der Waals surface area contributed by atoms with Gasteiger partial charge in [-0.1, -0.05) is 23.8 Å². The molecular weight excluding hydrogens is 332 g/mol. The summed E-state index contributed by atoms with van der Waals surface area (Å²) < 4.78 is 0. The molecule has 25 heavy (non-hydrogen) atoms. The summed E-state index contributed by atoms with van der Waals surface area (Å²) in [4.78, 5) is 24.3. The first-order valence-corrected chi connectivity index (χ1v) is 9.25. The average Bonchev–Trinajstić information content (AvgIpc) is 2.53. The number of carbonyl (C=O) groups is 2. The molecule has 5 heteroatoms. The summed E-state index contributed by atoms with van der Waals surface area (Å²) in [6.07, 6.45) is 0. The fraction of sp³-hybridized carbons (Fsp3) is 0.300. The Kier molecular flexibility index (Phi) is 6.65. The van der Waals surface area contributed by atoms with Gasteiger partial charge in [-0.15, -0.1) is 11.8 Å². The number of carbonyl (C=O) groups excluding carboxylic acids is 2. The molecule has 0 radical (unpaired) electrons. The number of hydrogen-bond donors (Lipinski definition) is 2. The van der Waals surface area contributed by atoms with E-state index in [2.05, 4.69) is 16.7 Å². The molecular formula is C20H24N2O2S. The molecule has 1 unspecified atom stereocenters. The number of amides is 2. The van der Waals surface area contributed by atoms with Gasteiger partial charge in [-0.05, 0) is 63.1 Å². The second-order valence-corrected chi connectivity index (χ2v) is 7.56. The topological polar surface area (TPSA) is 58.2 Å². The Morgan fingerprint density at radius 1 is 0.880 bits per heavy atom. The highest BCUT2D eigenvalue weighted by atomic mass is 32.2. The molecule has 2 rings (SSSR count). The molecule has 0 bridgehead atoms. The van der Waals surface area contributed by atoms with Crippen molar-refractivity contribution in [3.8, 4) is 0 Å². The number of nitrogens with one attached hydrogen (secondary N) is 2. The quantitative estimate of drug-likeness (QED) is 0.811. The number of hydrogen-bond acceptors (Lipinski definition) is 3. The fourth-order valence-corrected chi connectivity index (χ4v) is 3.08. The van der Waals surface area contributed by atoms with Crippen molar-refractivity contribution >= 4 is 35.0 Å². The van der Waals surface area contributed by atoms with Gasteiger partial charge < -0.3 is 10.6 Å². The van der Waals surface area contributed by atoms with Crippen LogP contribution in [-0.4, -0.2) is 22.8 Å². The van der Waals surface area contributed by atoms with Crippen LogP contribution in [0.15, 0.2) is 42.5 Å². The van der Waals surface area contributed by atoms with Crippen LogP contribution in [0.25, 0.3) is 0 Å². The van der Waals surface area contributed by atoms with Crippen LogP contribution in [0.2, 0.25) is 0 Å². The summed E-state index contributed by atoms with van der Waals surface area (Å²) in [7, 11) is 0. The van der Waals surface area contributed by atoms with E-state index in [-0.39, 0.29) is 22.8 Å². The highest BCUT2D eigenvalue weighted by molar-refractivity contribution is 8.01. The second-order valence-electron chi connectivity index (χ2n) is 6.23. The Morgan fingerprint density at radius 3 is 2.08 bits per heavy atom. The van der Waals surface area contributed by atoms with Crippen molar-refractivity contribution in [2.45, 2.75) is 32.9 Å². The van der Waals surface area contributed by atoms with E-state index in [4.69, 9.17) is 0 Å². The van der Waals surface area contributed by atoms with Crippen molar-refractivity contribution in [1.82, 2.24) is 0 Å². The molecule has 0 saturated heterocycles. The summed E-state index contributed by atoms with van der Waals surface area (Å²) in [6.45, 7) is 7.80. The Balaban J connectivity index is 1.82. The number of rotatable bonds is 6. The predicted octanol–water partition coefficient (Wildman–Crippen LogP) is 4.31. The molecule has 0 aromatic heterocycles. The lowest BCUT2D eigenvalue weighted by Gasteiger charge is -2.13. The minimum Gasteiger partial charge on any atom is -0.325 e. The van der Waals surface area contributed by atoms with Crippen molar-refractivity contribution < 1.29 is 9.59 Å². The standard InChI is InChI=1S/C20H24N2O2S/c1-13-5-7-17(8-6-13)21-19(23)12-25-16(4)20(24)22-18-10-14(2)9-15(3)11-18/h5-11,16H,12H2,1-4H3,(H,21,23)(H,22,24). The van der Waals surface area contributed by atoms with Gasteiger partial charge in [-0.3, -0.25) is 9.59 Å². The third-order valence-corrected chi connectivity index (χ3v) is 4.80. The molecule has 0 fully saturated rings. The van der Waals surface area contributed by atoms with Crippen LogP contribution in [0.4, 0.5) is 11.4 Å². The summed E-state index contributed by atoms with van der Waals surface area (Å²) in [5.41, 5.74) is 4.91. The molecule has 4 nitrogen and oxygen atoms in total. The predicted molar refractivity (Wildman–Crippen MR) is 106 cm³/mol. The molecule has 0 saturated carbocycles. The first-order valence-electron chi connectivity index (χ1n) is 8.21. The van der Waals surface area contributed by atoms with Crippen LogP contribution >= 0.6 is 11.8 Å². The van der Waals surface area contributed by atoms with E-state index in [1.807, 2.05) is 64.1 Å². The van der Waals surface area contributed by atoms with E-state index in [9.17, 15) is 9.59 Å². The van der Waals surface area contributed by atoms with Crippen LogP contribution in [-0.2, 0) is 9.59 Å². The van der Waals surface area contributed by atoms with Gasteiger partial charge in [-0.2, -0.15) is 0 Å². The van der Waals surface area contributed by atoms with E-state index in [1.165, 1.54) is 11.8 Å². The fourth-order valence-electron chi connectivity index (χ4n) is 2.40. The molecule has 132 valence electrons. The molecule has 1 atom stereocenters. The first-order chi connectivity index (χ1) is 11.8. The molecule has 2 amide bonds. The second kappa shape index (κ2) is 8.72. The zero-order valence-corrected chi connectivity index (χ0v) is 15.9. The Labute approximate surface area is 153 Å². The lowest BCUT2D eigenvalue weighted by molar-refractivity contribution is -0.115. The number of benzene rings is 2. The first kappa shape index (κ1) is 19.1. The number of thioether (sulfide) groups is 1. The van der Waals surface area contributed by atoms with Crippen LogP contribution in [0.5, 0.6) is 0 Å². The van der Waals surface area contributed by atoms with Crippen LogP contribution < -0.4 is 10.6 Å². The number of anilines is 2. The largest absolute Gasteiger partial charge is 0.325 e. The van der Waals surface area contributed by atoms with Gasteiger partial charge >= 0.3 is 0 Å². The molecule has 2 aromatic rings. The van der Waals surface area contributed by atoms with Crippen molar-refractivity contribution in [2.24, 2.45) is 0 Å². The maximum absolute atomic E-state index is 12.3. The Bertz CT molecular complexity index is 737. The molecule has 0 aliphatic rings. The van der Waals surface area contributed by atoms with Gasteiger partial charge in [0, 0.05) is 11.4 Å². The summed E-state index contributed by atoms with van der Waals surface area (Å²) in [6, 6.07) is 13.6. The monoisotopic (exact) mass is 356 g/mol. The Morgan fingerprint density at radius 2 is 1.48 bits per heavy atom. The Hall–Kier alpha value is -2.27. The van der Waals surface area contributed by atoms with E-state index in [1.54, 1.807) is 0 Å². The minimum absolute atomic E-state index is 0.0989.